The van der Waals surface area contributed by atoms with Gasteiger partial charge in [-0.15, -0.1) is 0 Å². The zero-order chi connectivity index (χ0) is 16.9. The molecule has 1 unspecified atom stereocenters. The summed E-state index contributed by atoms with van der Waals surface area (Å²) in [5.74, 6) is 0.642. The largest absolute Gasteiger partial charge is 0.352 e. The van der Waals surface area contributed by atoms with E-state index in [1.54, 1.807) is 12.4 Å². The van der Waals surface area contributed by atoms with E-state index in [0.29, 0.717) is 11.7 Å². The summed E-state index contributed by atoms with van der Waals surface area (Å²) in [7, 11) is 0. The summed E-state index contributed by atoms with van der Waals surface area (Å²) < 4.78 is 0. The Morgan fingerprint density at radius 3 is 2.79 bits per heavy atom. The first-order valence-electron chi connectivity index (χ1n) is 8.64. The van der Waals surface area contributed by atoms with Crippen LogP contribution < -0.4 is 10.2 Å². The normalized spacial score (nSPS) is 17.6. The molecule has 0 spiro atoms. The molecule has 1 amide bonds. The second kappa shape index (κ2) is 7.43. The van der Waals surface area contributed by atoms with Gasteiger partial charge in [0.15, 0.2) is 0 Å². The molecule has 2 aromatic rings. The van der Waals surface area contributed by atoms with Gasteiger partial charge >= 0.3 is 0 Å². The maximum atomic E-state index is 12.3. The number of anilines is 2. The predicted octanol–water partition coefficient (Wildman–Crippen LogP) is 3.81. The van der Waals surface area contributed by atoms with E-state index in [2.05, 4.69) is 27.1 Å². The average molecular weight is 324 g/mol. The Morgan fingerprint density at radius 1 is 1.25 bits per heavy atom. The first kappa shape index (κ1) is 16.4. The quantitative estimate of drug-likeness (QED) is 0.929. The van der Waals surface area contributed by atoms with Crippen molar-refractivity contribution in [2.45, 2.75) is 45.6 Å². The number of carbonyl (C=O) groups is 1. The van der Waals surface area contributed by atoms with Crippen molar-refractivity contribution in [3.8, 4) is 0 Å². The Labute approximate surface area is 143 Å². The van der Waals surface area contributed by atoms with Crippen LogP contribution in [0.2, 0.25) is 0 Å². The van der Waals surface area contributed by atoms with Crippen LogP contribution in [0.25, 0.3) is 0 Å². The van der Waals surface area contributed by atoms with Gasteiger partial charge in [-0.1, -0.05) is 25.1 Å². The number of amides is 1. The number of rotatable bonds is 4. The van der Waals surface area contributed by atoms with E-state index in [1.165, 1.54) is 19.3 Å². The smallest absolute Gasteiger partial charge is 0.275 e. The third kappa shape index (κ3) is 3.55. The van der Waals surface area contributed by atoms with Crippen LogP contribution in [-0.2, 0) is 0 Å². The molecule has 1 atom stereocenters. The first-order valence-corrected chi connectivity index (χ1v) is 8.64. The number of hydrogen-bond acceptors (Lipinski definition) is 4. The molecule has 1 aromatic carbocycles. The highest BCUT2D eigenvalue weighted by molar-refractivity contribution is 6.03. The lowest BCUT2D eigenvalue weighted by Crippen LogP contribution is -2.39. The molecule has 5 heteroatoms. The van der Waals surface area contributed by atoms with Crippen molar-refractivity contribution in [3.63, 3.8) is 0 Å². The molecule has 0 bridgehead atoms. The van der Waals surface area contributed by atoms with Crippen LogP contribution in [0.5, 0.6) is 0 Å². The van der Waals surface area contributed by atoms with Crippen LogP contribution in [0.15, 0.2) is 36.7 Å². The van der Waals surface area contributed by atoms with Crippen LogP contribution in [0.3, 0.4) is 0 Å². The van der Waals surface area contributed by atoms with Crippen molar-refractivity contribution < 1.29 is 4.79 Å². The highest BCUT2D eigenvalue weighted by Crippen LogP contribution is 2.24. The van der Waals surface area contributed by atoms with Crippen molar-refractivity contribution in [1.82, 2.24) is 9.97 Å². The molecule has 0 saturated carbocycles. The third-order valence-electron chi connectivity index (χ3n) is 4.66. The van der Waals surface area contributed by atoms with E-state index in [0.717, 1.165) is 30.0 Å². The fourth-order valence-electron chi connectivity index (χ4n) is 3.21. The van der Waals surface area contributed by atoms with Crippen molar-refractivity contribution in [1.29, 1.82) is 0 Å². The summed E-state index contributed by atoms with van der Waals surface area (Å²) in [6.45, 7) is 5.19. The van der Waals surface area contributed by atoms with E-state index in [-0.39, 0.29) is 5.91 Å². The SMILES string of the molecule is CCC1CCCCN1c1cnc(C(=O)Nc2ccccc2C)cn1. The minimum atomic E-state index is -0.228. The monoisotopic (exact) mass is 324 g/mol. The molecule has 24 heavy (non-hydrogen) atoms. The minimum absolute atomic E-state index is 0.228. The summed E-state index contributed by atoms with van der Waals surface area (Å²) in [5.41, 5.74) is 2.16. The van der Waals surface area contributed by atoms with Crippen LogP contribution in [0.4, 0.5) is 11.5 Å². The molecule has 1 saturated heterocycles. The highest BCUT2D eigenvalue weighted by atomic mass is 16.1. The molecule has 1 aromatic heterocycles. The number of aryl methyl sites for hydroxylation is 1. The lowest BCUT2D eigenvalue weighted by atomic mass is 10.0. The molecule has 1 fully saturated rings. The number of piperidine rings is 1. The fraction of sp³-hybridized carbons (Fsp3) is 0.421. The number of benzene rings is 1. The molecule has 2 heterocycles. The lowest BCUT2D eigenvalue weighted by Gasteiger charge is -2.35. The number of carbonyl (C=O) groups excluding carboxylic acids is 1. The number of nitrogens with zero attached hydrogens (tertiary/aromatic N) is 3. The third-order valence-corrected chi connectivity index (χ3v) is 4.66. The summed E-state index contributed by atoms with van der Waals surface area (Å²) in [5, 5.41) is 2.89. The number of nitrogens with one attached hydrogen (secondary N) is 1. The van der Waals surface area contributed by atoms with E-state index in [1.807, 2.05) is 31.2 Å². The maximum Gasteiger partial charge on any atom is 0.275 e. The molecule has 1 N–H and O–H groups in total. The van der Waals surface area contributed by atoms with Gasteiger partial charge in [-0.05, 0) is 44.2 Å². The molecule has 0 aliphatic carbocycles. The maximum absolute atomic E-state index is 12.3. The summed E-state index contributed by atoms with van der Waals surface area (Å²) in [6.07, 6.45) is 8.07. The van der Waals surface area contributed by atoms with Gasteiger partial charge < -0.3 is 10.2 Å². The van der Waals surface area contributed by atoms with Gasteiger partial charge in [0.1, 0.15) is 11.5 Å². The predicted molar refractivity (Wildman–Crippen MR) is 96.4 cm³/mol. The topological polar surface area (TPSA) is 58.1 Å². The fourth-order valence-corrected chi connectivity index (χ4v) is 3.21. The second-order valence-corrected chi connectivity index (χ2v) is 6.28. The number of para-hydroxylation sites is 1. The van der Waals surface area contributed by atoms with Crippen molar-refractivity contribution in [2.75, 3.05) is 16.8 Å². The van der Waals surface area contributed by atoms with E-state index >= 15 is 0 Å². The van der Waals surface area contributed by atoms with Crippen molar-refractivity contribution in [3.05, 3.63) is 47.9 Å². The molecule has 0 radical (unpaired) electrons. The van der Waals surface area contributed by atoms with E-state index in [9.17, 15) is 4.79 Å². The molecular weight excluding hydrogens is 300 g/mol. The Balaban J connectivity index is 1.72. The number of aromatic nitrogens is 2. The van der Waals surface area contributed by atoms with Gasteiger partial charge in [0.05, 0.1) is 12.4 Å². The molecule has 3 rings (SSSR count). The minimum Gasteiger partial charge on any atom is -0.352 e. The van der Waals surface area contributed by atoms with Gasteiger partial charge in [-0.25, -0.2) is 9.97 Å². The molecule has 5 nitrogen and oxygen atoms in total. The summed E-state index contributed by atoms with van der Waals surface area (Å²) in [6, 6.07) is 8.22. The van der Waals surface area contributed by atoms with Gasteiger partial charge in [0.2, 0.25) is 0 Å². The zero-order valence-electron chi connectivity index (χ0n) is 14.3. The average Bonchev–Trinajstić information content (AvgIpc) is 2.63. The Kier molecular flexibility index (Phi) is 5.08. The van der Waals surface area contributed by atoms with Gasteiger partial charge in [0, 0.05) is 18.3 Å². The standard InChI is InChI=1S/C19H24N4O/c1-3-15-9-6-7-11-23(15)18-13-20-17(12-21-18)19(24)22-16-10-5-4-8-14(16)2/h4-5,8,10,12-13,15H,3,6-7,9,11H2,1-2H3,(H,22,24). The summed E-state index contributed by atoms with van der Waals surface area (Å²) in [4.78, 5) is 23.5. The molecular formula is C19H24N4O. The van der Waals surface area contributed by atoms with Crippen LogP contribution in [-0.4, -0.2) is 28.5 Å². The van der Waals surface area contributed by atoms with Crippen LogP contribution in [0, 0.1) is 6.92 Å². The Bertz CT molecular complexity index is 699. The van der Waals surface area contributed by atoms with Crippen LogP contribution in [0.1, 0.15) is 48.7 Å². The van der Waals surface area contributed by atoms with Crippen LogP contribution >= 0.6 is 0 Å². The van der Waals surface area contributed by atoms with Gasteiger partial charge in [-0.3, -0.25) is 4.79 Å². The lowest BCUT2D eigenvalue weighted by molar-refractivity contribution is 0.102. The van der Waals surface area contributed by atoms with Crippen molar-refractivity contribution in [2.24, 2.45) is 0 Å². The van der Waals surface area contributed by atoms with Crippen molar-refractivity contribution >= 4 is 17.4 Å². The molecule has 1 aliphatic rings. The van der Waals surface area contributed by atoms with E-state index < -0.39 is 0 Å². The zero-order valence-corrected chi connectivity index (χ0v) is 14.3. The second-order valence-electron chi connectivity index (χ2n) is 6.28. The first-order chi connectivity index (χ1) is 11.7. The molecule has 126 valence electrons. The summed E-state index contributed by atoms with van der Waals surface area (Å²) >= 11 is 0. The number of hydrogen-bond donors (Lipinski definition) is 1. The Hall–Kier alpha value is -2.43. The van der Waals surface area contributed by atoms with Gasteiger partial charge in [-0.2, -0.15) is 0 Å². The van der Waals surface area contributed by atoms with E-state index in [4.69, 9.17) is 0 Å². The van der Waals surface area contributed by atoms with Gasteiger partial charge in [0.25, 0.3) is 5.91 Å². The molecule has 1 aliphatic heterocycles. The highest BCUT2D eigenvalue weighted by Gasteiger charge is 2.22. The Morgan fingerprint density at radius 2 is 2.08 bits per heavy atom.